The molecule has 2 aromatic heterocycles. The van der Waals surface area contributed by atoms with Crippen LogP contribution in [0.15, 0.2) is 29.8 Å². The number of hydrogen-bond donors (Lipinski definition) is 1. The van der Waals surface area contributed by atoms with Crippen molar-refractivity contribution in [2.45, 2.75) is 19.4 Å². The van der Waals surface area contributed by atoms with E-state index in [-0.39, 0.29) is 6.04 Å². The second-order valence-corrected chi connectivity index (χ2v) is 4.49. The predicted molar refractivity (Wildman–Crippen MR) is 61.7 cm³/mol. The summed E-state index contributed by atoms with van der Waals surface area (Å²) in [5.41, 5.74) is 8.01. The summed E-state index contributed by atoms with van der Waals surface area (Å²) in [6.45, 7) is 2.00. The summed E-state index contributed by atoms with van der Waals surface area (Å²) < 4.78 is 0. The molecule has 4 heteroatoms. The van der Waals surface area contributed by atoms with Crippen molar-refractivity contribution in [1.82, 2.24) is 9.97 Å². The fourth-order valence-electron chi connectivity index (χ4n) is 1.43. The highest BCUT2D eigenvalue weighted by Crippen LogP contribution is 2.15. The van der Waals surface area contributed by atoms with E-state index in [4.69, 9.17) is 5.73 Å². The van der Waals surface area contributed by atoms with Gasteiger partial charge in [0.1, 0.15) is 0 Å². The van der Waals surface area contributed by atoms with Crippen molar-refractivity contribution in [2.24, 2.45) is 5.73 Å². The summed E-state index contributed by atoms with van der Waals surface area (Å²) >= 11 is 1.65. The van der Waals surface area contributed by atoms with E-state index < -0.39 is 0 Å². The molecule has 0 bridgehead atoms. The Labute approximate surface area is 93.0 Å². The topological polar surface area (TPSA) is 51.8 Å². The van der Waals surface area contributed by atoms with Crippen LogP contribution in [0.2, 0.25) is 0 Å². The van der Waals surface area contributed by atoms with E-state index in [1.807, 2.05) is 25.1 Å². The molecule has 1 unspecified atom stereocenters. The lowest BCUT2D eigenvalue weighted by molar-refractivity contribution is 0.685. The van der Waals surface area contributed by atoms with Crippen LogP contribution in [-0.4, -0.2) is 9.97 Å². The molecule has 0 fully saturated rings. The van der Waals surface area contributed by atoms with Gasteiger partial charge in [-0.15, -0.1) is 11.3 Å². The molecule has 0 aliphatic carbocycles. The maximum atomic E-state index is 6.04. The van der Waals surface area contributed by atoms with E-state index in [0.29, 0.717) is 0 Å². The van der Waals surface area contributed by atoms with Crippen LogP contribution in [0.3, 0.4) is 0 Å². The Morgan fingerprint density at radius 2 is 2.33 bits per heavy atom. The lowest BCUT2D eigenvalue weighted by atomic mass is 10.1. The standard InChI is InChI=1S/C11H13N3S/c1-8-14-9(7-15-8)6-10(12)11-4-2-3-5-13-11/h2-5,7,10H,6,12H2,1H3. The van der Waals surface area contributed by atoms with Crippen molar-refractivity contribution < 1.29 is 0 Å². The Morgan fingerprint density at radius 1 is 1.47 bits per heavy atom. The summed E-state index contributed by atoms with van der Waals surface area (Å²) in [6.07, 6.45) is 2.52. The zero-order chi connectivity index (χ0) is 10.7. The Kier molecular flexibility index (Phi) is 3.08. The van der Waals surface area contributed by atoms with Crippen LogP contribution in [0, 0.1) is 6.92 Å². The number of pyridine rings is 1. The van der Waals surface area contributed by atoms with E-state index in [1.54, 1.807) is 17.5 Å². The first-order chi connectivity index (χ1) is 7.25. The number of hydrogen-bond acceptors (Lipinski definition) is 4. The zero-order valence-corrected chi connectivity index (χ0v) is 9.37. The molecule has 15 heavy (non-hydrogen) atoms. The molecule has 78 valence electrons. The second kappa shape index (κ2) is 4.51. The SMILES string of the molecule is Cc1nc(CC(N)c2ccccn2)cs1. The smallest absolute Gasteiger partial charge is 0.0897 e. The molecule has 2 heterocycles. The largest absolute Gasteiger partial charge is 0.322 e. The molecule has 2 rings (SSSR count). The van der Waals surface area contributed by atoms with E-state index in [0.717, 1.165) is 22.8 Å². The fourth-order valence-corrected chi connectivity index (χ4v) is 2.05. The van der Waals surface area contributed by atoms with Gasteiger partial charge in [0.15, 0.2) is 0 Å². The zero-order valence-electron chi connectivity index (χ0n) is 8.55. The van der Waals surface area contributed by atoms with Gasteiger partial charge >= 0.3 is 0 Å². The van der Waals surface area contributed by atoms with Crippen molar-refractivity contribution in [3.8, 4) is 0 Å². The molecule has 0 radical (unpaired) electrons. The Morgan fingerprint density at radius 3 is 2.93 bits per heavy atom. The van der Waals surface area contributed by atoms with E-state index in [1.165, 1.54) is 0 Å². The van der Waals surface area contributed by atoms with Gasteiger partial charge in [-0.2, -0.15) is 0 Å². The predicted octanol–water partition coefficient (Wildman–Crippen LogP) is 2.09. The third-order valence-electron chi connectivity index (χ3n) is 2.16. The third-order valence-corrected chi connectivity index (χ3v) is 2.99. The molecular weight excluding hydrogens is 206 g/mol. The van der Waals surface area contributed by atoms with Crippen molar-refractivity contribution >= 4 is 11.3 Å². The van der Waals surface area contributed by atoms with Crippen LogP contribution in [0.5, 0.6) is 0 Å². The van der Waals surface area contributed by atoms with Gasteiger partial charge in [0.2, 0.25) is 0 Å². The molecule has 0 amide bonds. The first-order valence-electron chi connectivity index (χ1n) is 4.83. The van der Waals surface area contributed by atoms with Crippen molar-refractivity contribution in [3.63, 3.8) is 0 Å². The van der Waals surface area contributed by atoms with Gasteiger partial charge < -0.3 is 5.73 Å². The number of nitrogens with two attached hydrogens (primary N) is 1. The fraction of sp³-hybridized carbons (Fsp3) is 0.273. The highest BCUT2D eigenvalue weighted by atomic mass is 32.1. The van der Waals surface area contributed by atoms with Crippen molar-refractivity contribution in [2.75, 3.05) is 0 Å². The summed E-state index contributed by atoms with van der Waals surface area (Å²) in [4.78, 5) is 8.62. The quantitative estimate of drug-likeness (QED) is 0.860. The van der Waals surface area contributed by atoms with Gasteiger partial charge in [0.25, 0.3) is 0 Å². The van der Waals surface area contributed by atoms with Gasteiger partial charge in [-0.3, -0.25) is 4.98 Å². The molecule has 0 aliphatic heterocycles. The van der Waals surface area contributed by atoms with E-state index in [2.05, 4.69) is 15.3 Å². The minimum absolute atomic E-state index is 0.0623. The molecule has 0 spiro atoms. The van der Waals surface area contributed by atoms with Gasteiger partial charge in [0, 0.05) is 18.0 Å². The first-order valence-corrected chi connectivity index (χ1v) is 5.71. The van der Waals surface area contributed by atoms with E-state index >= 15 is 0 Å². The van der Waals surface area contributed by atoms with Crippen molar-refractivity contribution in [3.05, 3.63) is 46.2 Å². The van der Waals surface area contributed by atoms with E-state index in [9.17, 15) is 0 Å². The first kappa shape index (κ1) is 10.3. The molecule has 3 nitrogen and oxygen atoms in total. The third kappa shape index (κ3) is 2.61. The number of thiazole rings is 1. The molecule has 0 aromatic carbocycles. The maximum absolute atomic E-state index is 6.04. The Bertz CT molecular complexity index is 424. The van der Waals surface area contributed by atoms with Crippen LogP contribution in [-0.2, 0) is 6.42 Å². The summed E-state index contributed by atoms with van der Waals surface area (Å²) in [6, 6.07) is 5.73. The molecule has 0 aliphatic rings. The summed E-state index contributed by atoms with van der Waals surface area (Å²) in [7, 11) is 0. The number of aryl methyl sites for hydroxylation is 1. The number of nitrogens with zero attached hydrogens (tertiary/aromatic N) is 2. The second-order valence-electron chi connectivity index (χ2n) is 3.42. The average Bonchev–Trinajstić information content (AvgIpc) is 2.65. The van der Waals surface area contributed by atoms with Gasteiger partial charge in [-0.1, -0.05) is 6.07 Å². The normalized spacial score (nSPS) is 12.7. The van der Waals surface area contributed by atoms with Crippen LogP contribution in [0.25, 0.3) is 0 Å². The molecular formula is C11H13N3S. The Hall–Kier alpha value is -1.26. The maximum Gasteiger partial charge on any atom is 0.0897 e. The highest BCUT2D eigenvalue weighted by Gasteiger charge is 2.09. The van der Waals surface area contributed by atoms with Crippen LogP contribution < -0.4 is 5.73 Å². The van der Waals surface area contributed by atoms with Crippen LogP contribution >= 0.6 is 11.3 Å². The number of rotatable bonds is 3. The molecule has 0 saturated heterocycles. The van der Waals surface area contributed by atoms with Gasteiger partial charge in [0.05, 0.1) is 22.4 Å². The molecule has 2 N–H and O–H groups in total. The minimum atomic E-state index is -0.0623. The van der Waals surface area contributed by atoms with Crippen LogP contribution in [0.4, 0.5) is 0 Å². The lowest BCUT2D eigenvalue weighted by Gasteiger charge is -2.08. The van der Waals surface area contributed by atoms with Crippen molar-refractivity contribution in [1.29, 1.82) is 0 Å². The van der Waals surface area contributed by atoms with Gasteiger partial charge in [-0.25, -0.2) is 4.98 Å². The molecule has 1 atom stereocenters. The number of aromatic nitrogens is 2. The molecule has 0 saturated carbocycles. The summed E-state index contributed by atoms with van der Waals surface area (Å²) in [5.74, 6) is 0. The summed E-state index contributed by atoms with van der Waals surface area (Å²) in [5, 5.41) is 3.14. The monoisotopic (exact) mass is 219 g/mol. The van der Waals surface area contributed by atoms with Crippen LogP contribution in [0.1, 0.15) is 22.4 Å². The lowest BCUT2D eigenvalue weighted by Crippen LogP contribution is -2.14. The average molecular weight is 219 g/mol. The highest BCUT2D eigenvalue weighted by molar-refractivity contribution is 7.09. The van der Waals surface area contributed by atoms with Gasteiger partial charge in [-0.05, 0) is 19.1 Å². The minimum Gasteiger partial charge on any atom is -0.322 e. The Balaban J connectivity index is 2.07. The molecule has 2 aromatic rings.